The average molecular weight is 327 g/mol. The second-order valence-electron chi connectivity index (χ2n) is 6.11. The van der Waals surface area contributed by atoms with Gasteiger partial charge >= 0.3 is 0 Å². The quantitative estimate of drug-likeness (QED) is 0.693. The van der Waals surface area contributed by atoms with Crippen molar-refractivity contribution in [2.45, 2.75) is 26.7 Å². The van der Waals surface area contributed by atoms with E-state index in [4.69, 9.17) is 16.6 Å². The van der Waals surface area contributed by atoms with Gasteiger partial charge in [-0.15, -0.1) is 0 Å². The summed E-state index contributed by atoms with van der Waals surface area (Å²) in [5.41, 5.74) is 1.35. The first-order chi connectivity index (χ1) is 11.0. The lowest BCUT2D eigenvalue weighted by Gasteiger charge is -2.21. The van der Waals surface area contributed by atoms with E-state index in [9.17, 15) is 4.79 Å². The van der Waals surface area contributed by atoms with E-state index in [1.807, 2.05) is 42.5 Å². The van der Waals surface area contributed by atoms with E-state index in [1.54, 1.807) is 10.6 Å². The van der Waals surface area contributed by atoms with Crippen LogP contribution in [0.2, 0.25) is 5.02 Å². The Morgan fingerprint density at radius 1 is 1.00 bits per heavy atom. The van der Waals surface area contributed by atoms with Crippen molar-refractivity contribution in [1.82, 2.24) is 9.55 Å². The van der Waals surface area contributed by atoms with Crippen LogP contribution in [0, 0.1) is 5.92 Å². The maximum Gasteiger partial charge on any atom is 0.267 e. The average Bonchev–Trinajstić information content (AvgIpc) is 2.54. The monoisotopic (exact) mass is 326 g/mol. The first-order valence-electron chi connectivity index (χ1n) is 7.77. The first kappa shape index (κ1) is 15.8. The van der Waals surface area contributed by atoms with E-state index in [1.165, 1.54) is 0 Å². The molecule has 0 saturated carbocycles. The minimum Gasteiger partial charge on any atom is -0.268 e. The van der Waals surface area contributed by atoms with Crippen LogP contribution < -0.4 is 5.56 Å². The number of benzene rings is 2. The molecule has 0 fully saturated rings. The fourth-order valence-electron chi connectivity index (χ4n) is 2.64. The van der Waals surface area contributed by atoms with Crippen LogP contribution in [0.3, 0.4) is 0 Å². The van der Waals surface area contributed by atoms with Crippen molar-refractivity contribution in [2.75, 3.05) is 0 Å². The Kier molecular flexibility index (Phi) is 4.22. The van der Waals surface area contributed by atoms with Crippen LogP contribution in [0.25, 0.3) is 16.6 Å². The molecular formula is C19H19ClN2O. The van der Waals surface area contributed by atoms with E-state index in [-0.39, 0.29) is 11.5 Å². The van der Waals surface area contributed by atoms with Crippen molar-refractivity contribution in [3.63, 3.8) is 0 Å². The number of halogens is 1. The summed E-state index contributed by atoms with van der Waals surface area (Å²) in [4.78, 5) is 17.9. The molecule has 0 spiro atoms. The smallest absolute Gasteiger partial charge is 0.267 e. The molecule has 0 aliphatic rings. The van der Waals surface area contributed by atoms with Crippen LogP contribution in [0.15, 0.2) is 53.3 Å². The van der Waals surface area contributed by atoms with Gasteiger partial charge in [0.2, 0.25) is 0 Å². The normalized spacial score (nSPS) is 12.7. The summed E-state index contributed by atoms with van der Waals surface area (Å²) in [6, 6.07) is 15.0. The summed E-state index contributed by atoms with van der Waals surface area (Å²) in [6.45, 7) is 6.37. The number of aromatic nitrogens is 2. The number of fused-ring (bicyclic) bond motifs is 1. The summed E-state index contributed by atoms with van der Waals surface area (Å²) in [7, 11) is 0. The Labute approximate surface area is 140 Å². The van der Waals surface area contributed by atoms with Crippen LogP contribution >= 0.6 is 11.6 Å². The third-order valence-corrected chi connectivity index (χ3v) is 4.61. The van der Waals surface area contributed by atoms with Gasteiger partial charge in [-0.1, -0.05) is 56.6 Å². The predicted molar refractivity (Wildman–Crippen MR) is 95.6 cm³/mol. The van der Waals surface area contributed by atoms with E-state index in [0.29, 0.717) is 21.8 Å². The SMILES string of the molecule is CC(C)C(C)c1nc2cccc(Cl)c2c(=O)n1-c1ccccc1. The molecule has 118 valence electrons. The van der Waals surface area contributed by atoms with Crippen LogP contribution in [-0.4, -0.2) is 9.55 Å². The van der Waals surface area contributed by atoms with Crippen LogP contribution in [-0.2, 0) is 0 Å². The highest BCUT2D eigenvalue weighted by Crippen LogP contribution is 2.26. The summed E-state index contributed by atoms with van der Waals surface area (Å²) >= 11 is 6.26. The van der Waals surface area contributed by atoms with Gasteiger partial charge in [-0.3, -0.25) is 9.36 Å². The third kappa shape index (κ3) is 2.77. The molecule has 3 rings (SSSR count). The maximum atomic E-state index is 13.1. The fraction of sp³-hybridized carbons (Fsp3) is 0.263. The predicted octanol–water partition coefficient (Wildman–Crippen LogP) is 4.80. The highest BCUT2D eigenvalue weighted by atomic mass is 35.5. The van der Waals surface area contributed by atoms with Crippen LogP contribution in [0.5, 0.6) is 0 Å². The largest absolute Gasteiger partial charge is 0.268 e. The molecule has 0 bridgehead atoms. The van der Waals surface area contributed by atoms with Gasteiger partial charge in [0.15, 0.2) is 0 Å². The molecule has 3 nitrogen and oxygen atoms in total. The molecule has 0 aliphatic carbocycles. The molecule has 0 saturated heterocycles. The van der Waals surface area contributed by atoms with Crippen molar-refractivity contribution in [2.24, 2.45) is 5.92 Å². The maximum absolute atomic E-state index is 13.1. The number of nitrogens with zero attached hydrogens (tertiary/aromatic N) is 2. The van der Waals surface area contributed by atoms with Gasteiger partial charge in [-0.25, -0.2) is 4.98 Å². The minimum atomic E-state index is -0.116. The summed E-state index contributed by atoms with van der Waals surface area (Å²) < 4.78 is 1.69. The Balaban J connectivity index is 2.43. The molecule has 1 heterocycles. The standard InChI is InChI=1S/C19H19ClN2O/c1-12(2)13(3)18-21-16-11-7-10-15(20)17(16)19(23)22(18)14-8-5-4-6-9-14/h4-13H,1-3H3. The lowest BCUT2D eigenvalue weighted by molar-refractivity contribution is 0.499. The molecule has 0 aliphatic heterocycles. The van der Waals surface area contributed by atoms with Crippen molar-refractivity contribution in [3.05, 3.63) is 69.7 Å². The van der Waals surface area contributed by atoms with Gasteiger partial charge in [0, 0.05) is 5.92 Å². The molecular weight excluding hydrogens is 308 g/mol. The van der Waals surface area contributed by atoms with Crippen molar-refractivity contribution in [1.29, 1.82) is 0 Å². The second kappa shape index (κ2) is 6.17. The topological polar surface area (TPSA) is 34.9 Å². The van der Waals surface area contributed by atoms with E-state index < -0.39 is 0 Å². The molecule has 1 atom stereocenters. The van der Waals surface area contributed by atoms with Gasteiger partial charge in [0.1, 0.15) is 5.82 Å². The molecule has 4 heteroatoms. The van der Waals surface area contributed by atoms with Crippen molar-refractivity contribution >= 4 is 22.5 Å². The van der Waals surface area contributed by atoms with E-state index >= 15 is 0 Å². The van der Waals surface area contributed by atoms with Crippen molar-refractivity contribution < 1.29 is 0 Å². The van der Waals surface area contributed by atoms with E-state index in [0.717, 1.165) is 11.5 Å². The Hall–Kier alpha value is -2.13. The molecule has 2 aromatic carbocycles. The number of hydrogen-bond acceptors (Lipinski definition) is 2. The summed E-state index contributed by atoms with van der Waals surface area (Å²) in [6.07, 6.45) is 0. The lowest BCUT2D eigenvalue weighted by Crippen LogP contribution is -2.26. The minimum absolute atomic E-state index is 0.116. The van der Waals surface area contributed by atoms with Gasteiger partial charge in [-0.2, -0.15) is 0 Å². The van der Waals surface area contributed by atoms with Crippen molar-refractivity contribution in [3.8, 4) is 5.69 Å². The lowest BCUT2D eigenvalue weighted by atomic mass is 9.96. The fourth-order valence-corrected chi connectivity index (χ4v) is 2.89. The molecule has 1 unspecified atom stereocenters. The number of hydrogen-bond donors (Lipinski definition) is 0. The third-order valence-electron chi connectivity index (χ3n) is 4.29. The Bertz CT molecular complexity index is 900. The number of para-hydroxylation sites is 1. The zero-order valence-corrected chi connectivity index (χ0v) is 14.2. The van der Waals surface area contributed by atoms with Gasteiger partial charge < -0.3 is 0 Å². The summed E-state index contributed by atoms with van der Waals surface area (Å²) in [5, 5.41) is 0.908. The molecule has 0 amide bonds. The van der Waals surface area contributed by atoms with Gasteiger partial charge in [0.05, 0.1) is 21.6 Å². The molecule has 0 radical (unpaired) electrons. The molecule has 23 heavy (non-hydrogen) atoms. The van der Waals surface area contributed by atoms with E-state index in [2.05, 4.69) is 20.8 Å². The van der Waals surface area contributed by atoms with Crippen LogP contribution in [0.1, 0.15) is 32.5 Å². The Morgan fingerprint density at radius 3 is 2.35 bits per heavy atom. The zero-order valence-electron chi connectivity index (χ0n) is 13.5. The molecule has 0 N–H and O–H groups in total. The number of rotatable bonds is 3. The molecule has 3 aromatic rings. The first-order valence-corrected chi connectivity index (χ1v) is 8.15. The highest BCUT2D eigenvalue weighted by Gasteiger charge is 2.21. The van der Waals surface area contributed by atoms with Crippen LogP contribution in [0.4, 0.5) is 0 Å². The van der Waals surface area contributed by atoms with Gasteiger partial charge in [-0.05, 0) is 30.2 Å². The molecule has 1 aromatic heterocycles. The summed E-state index contributed by atoms with van der Waals surface area (Å²) in [5.74, 6) is 1.28. The Morgan fingerprint density at radius 2 is 1.70 bits per heavy atom. The zero-order chi connectivity index (χ0) is 16.6. The van der Waals surface area contributed by atoms with Gasteiger partial charge in [0.25, 0.3) is 5.56 Å². The second-order valence-corrected chi connectivity index (χ2v) is 6.52. The highest BCUT2D eigenvalue weighted by molar-refractivity contribution is 6.35.